The normalized spacial score (nSPS) is 12.0. The largest absolute Gasteiger partial charge is 0.493 e. The van der Waals surface area contributed by atoms with Crippen molar-refractivity contribution in [3.63, 3.8) is 0 Å². The summed E-state index contributed by atoms with van der Waals surface area (Å²) < 4.78 is 15.4. The zero-order chi connectivity index (χ0) is 13.7. The van der Waals surface area contributed by atoms with E-state index in [1.165, 1.54) is 21.3 Å². The molecule has 0 aliphatic heterocycles. The molecule has 0 aliphatic carbocycles. The SMILES string of the molecule is COCc1cc(C(N)C(=O)O)cc(OC)c1OC. The van der Waals surface area contributed by atoms with Crippen molar-refractivity contribution in [2.75, 3.05) is 21.3 Å². The van der Waals surface area contributed by atoms with E-state index in [1.807, 2.05) is 0 Å². The Bertz CT molecular complexity index is 433. The molecule has 0 amide bonds. The van der Waals surface area contributed by atoms with Crippen LogP contribution in [0.15, 0.2) is 12.1 Å². The van der Waals surface area contributed by atoms with Crippen molar-refractivity contribution in [1.29, 1.82) is 0 Å². The maximum absolute atomic E-state index is 10.9. The molecule has 0 fully saturated rings. The van der Waals surface area contributed by atoms with Crippen molar-refractivity contribution in [1.82, 2.24) is 0 Å². The van der Waals surface area contributed by atoms with Gasteiger partial charge in [-0.2, -0.15) is 0 Å². The fourth-order valence-corrected chi connectivity index (χ4v) is 1.65. The molecule has 0 saturated heterocycles. The molecule has 1 atom stereocenters. The summed E-state index contributed by atoms with van der Waals surface area (Å²) in [4.78, 5) is 10.9. The van der Waals surface area contributed by atoms with Crippen molar-refractivity contribution in [2.24, 2.45) is 5.73 Å². The number of aliphatic carboxylic acids is 1. The van der Waals surface area contributed by atoms with Gasteiger partial charge in [0, 0.05) is 12.7 Å². The van der Waals surface area contributed by atoms with Crippen LogP contribution in [-0.4, -0.2) is 32.4 Å². The predicted molar refractivity (Wildman–Crippen MR) is 64.8 cm³/mol. The Morgan fingerprint density at radius 2 is 2.00 bits per heavy atom. The third-order valence-electron chi connectivity index (χ3n) is 2.50. The van der Waals surface area contributed by atoms with Crippen LogP contribution < -0.4 is 15.2 Å². The zero-order valence-corrected chi connectivity index (χ0v) is 10.6. The number of benzene rings is 1. The van der Waals surface area contributed by atoms with Crippen LogP contribution in [0, 0.1) is 0 Å². The number of methoxy groups -OCH3 is 3. The van der Waals surface area contributed by atoms with E-state index in [1.54, 1.807) is 12.1 Å². The smallest absolute Gasteiger partial charge is 0.325 e. The third kappa shape index (κ3) is 2.91. The number of carboxylic acid groups (broad SMARTS) is 1. The van der Waals surface area contributed by atoms with Crippen molar-refractivity contribution in [2.45, 2.75) is 12.6 Å². The molecule has 0 aromatic heterocycles. The first-order chi connectivity index (χ1) is 8.54. The molecule has 18 heavy (non-hydrogen) atoms. The summed E-state index contributed by atoms with van der Waals surface area (Å²) in [6.45, 7) is 0.277. The molecule has 0 radical (unpaired) electrons. The van der Waals surface area contributed by atoms with E-state index in [-0.39, 0.29) is 6.61 Å². The molecule has 1 aromatic carbocycles. The number of nitrogens with two attached hydrogens (primary N) is 1. The van der Waals surface area contributed by atoms with Crippen LogP contribution in [0.4, 0.5) is 0 Å². The second kappa shape index (κ2) is 6.23. The van der Waals surface area contributed by atoms with Crippen molar-refractivity contribution < 1.29 is 24.1 Å². The number of hydrogen-bond donors (Lipinski definition) is 2. The Kier molecular flexibility index (Phi) is 4.94. The minimum atomic E-state index is -1.11. The van der Waals surface area contributed by atoms with Gasteiger partial charge < -0.3 is 25.1 Å². The van der Waals surface area contributed by atoms with Gasteiger partial charge in [-0.3, -0.25) is 4.79 Å². The maximum atomic E-state index is 10.9. The van der Waals surface area contributed by atoms with Gasteiger partial charge in [-0.05, 0) is 17.7 Å². The van der Waals surface area contributed by atoms with Crippen LogP contribution in [0.25, 0.3) is 0 Å². The molecule has 0 aliphatic rings. The molecule has 6 heteroatoms. The molecular weight excluding hydrogens is 238 g/mol. The molecule has 1 rings (SSSR count). The highest BCUT2D eigenvalue weighted by molar-refractivity contribution is 5.76. The van der Waals surface area contributed by atoms with Gasteiger partial charge in [0.1, 0.15) is 6.04 Å². The number of ether oxygens (including phenoxy) is 3. The quantitative estimate of drug-likeness (QED) is 0.786. The topological polar surface area (TPSA) is 91.0 Å². The lowest BCUT2D eigenvalue weighted by atomic mass is 10.0. The fraction of sp³-hybridized carbons (Fsp3) is 0.417. The first-order valence-electron chi connectivity index (χ1n) is 5.27. The van der Waals surface area contributed by atoms with Gasteiger partial charge in [-0.25, -0.2) is 0 Å². The minimum absolute atomic E-state index is 0.277. The minimum Gasteiger partial charge on any atom is -0.493 e. The molecule has 0 heterocycles. The lowest BCUT2D eigenvalue weighted by molar-refractivity contribution is -0.138. The summed E-state index contributed by atoms with van der Waals surface area (Å²) in [6, 6.07) is 2.08. The molecule has 0 bridgehead atoms. The van der Waals surface area contributed by atoms with Gasteiger partial charge in [0.25, 0.3) is 0 Å². The number of carbonyl (C=O) groups is 1. The van der Waals surface area contributed by atoms with Crippen LogP contribution in [0.3, 0.4) is 0 Å². The monoisotopic (exact) mass is 255 g/mol. The van der Waals surface area contributed by atoms with E-state index < -0.39 is 12.0 Å². The van der Waals surface area contributed by atoms with E-state index in [4.69, 9.17) is 25.1 Å². The van der Waals surface area contributed by atoms with Crippen molar-refractivity contribution in [3.8, 4) is 11.5 Å². The van der Waals surface area contributed by atoms with Crippen LogP contribution >= 0.6 is 0 Å². The molecule has 1 unspecified atom stereocenters. The Morgan fingerprint density at radius 3 is 2.44 bits per heavy atom. The Balaban J connectivity index is 3.30. The van der Waals surface area contributed by atoms with E-state index in [0.717, 1.165) is 0 Å². The number of carboxylic acids is 1. The first kappa shape index (κ1) is 14.3. The molecule has 0 saturated carbocycles. The lowest BCUT2D eigenvalue weighted by Crippen LogP contribution is -2.21. The highest BCUT2D eigenvalue weighted by Crippen LogP contribution is 2.34. The van der Waals surface area contributed by atoms with E-state index in [2.05, 4.69) is 0 Å². The lowest BCUT2D eigenvalue weighted by Gasteiger charge is -2.16. The standard InChI is InChI=1S/C12H17NO5/c1-16-6-8-4-7(10(13)12(14)15)5-9(17-2)11(8)18-3/h4-5,10H,6,13H2,1-3H3,(H,14,15). The summed E-state index contributed by atoms with van der Waals surface area (Å²) in [7, 11) is 4.52. The number of hydrogen-bond acceptors (Lipinski definition) is 5. The molecule has 1 aromatic rings. The Labute approximate surface area is 105 Å². The molecule has 100 valence electrons. The zero-order valence-electron chi connectivity index (χ0n) is 10.6. The summed E-state index contributed by atoms with van der Waals surface area (Å²) in [5.41, 5.74) is 6.70. The Hall–Kier alpha value is -1.79. The summed E-state index contributed by atoms with van der Waals surface area (Å²) in [5, 5.41) is 8.92. The average molecular weight is 255 g/mol. The molecule has 0 spiro atoms. The summed E-state index contributed by atoms with van der Waals surface area (Å²) in [5.74, 6) is -0.162. The second-order valence-electron chi connectivity index (χ2n) is 3.66. The van der Waals surface area contributed by atoms with Crippen LogP contribution in [0.2, 0.25) is 0 Å². The van der Waals surface area contributed by atoms with Gasteiger partial charge >= 0.3 is 5.97 Å². The molecule has 6 nitrogen and oxygen atoms in total. The second-order valence-corrected chi connectivity index (χ2v) is 3.66. The van der Waals surface area contributed by atoms with Crippen LogP contribution in [0.1, 0.15) is 17.2 Å². The highest BCUT2D eigenvalue weighted by Gasteiger charge is 2.19. The first-order valence-corrected chi connectivity index (χ1v) is 5.27. The summed E-state index contributed by atoms with van der Waals surface area (Å²) >= 11 is 0. The van der Waals surface area contributed by atoms with Crippen LogP contribution in [-0.2, 0) is 16.1 Å². The van der Waals surface area contributed by atoms with Crippen molar-refractivity contribution in [3.05, 3.63) is 23.3 Å². The van der Waals surface area contributed by atoms with Crippen LogP contribution in [0.5, 0.6) is 11.5 Å². The van der Waals surface area contributed by atoms with Gasteiger partial charge in [-0.1, -0.05) is 0 Å². The van der Waals surface area contributed by atoms with E-state index >= 15 is 0 Å². The summed E-state index contributed by atoms with van der Waals surface area (Å²) in [6.07, 6.45) is 0. The molecular formula is C12H17NO5. The van der Waals surface area contributed by atoms with Gasteiger partial charge in [-0.15, -0.1) is 0 Å². The predicted octanol–water partition coefficient (Wildman–Crippen LogP) is 0.935. The van der Waals surface area contributed by atoms with Gasteiger partial charge in [0.05, 0.1) is 20.8 Å². The van der Waals surface area contributed by atoms with E-state index in [9.17, 15) is 4.79 Å². The Morgan fingerprint density at radius 1 is 1.33 bits per heavy atom. The third-order valence-corrected chi connectivity index (χ3v) is 2.50. The highest BCUT2D eigenvalue weighted by atomic mass is 16.5. The van der Waals surface area contributed by atoms with Gasteiger partial charge in [0.15, 0.2) is 11.5 Å². The average Bonchev–Trinajstić information content (AvgIpc) is 2.37. The number of rotatable bonds is 6. The van der Waals surface area contributed by atoms with E-state index in [0.29, 0.717) is 22.6 Å². The van der Waals surface area contributed by atoms with Gasteiger partial charge in [0.2, 0.25) is 0 Å². The maximum Gasteiger partial charge on any atom is 0.325 e. The molecule has 3 N–H and O–H groups in total. The fourth-order valence-electron chi connectivity index (χ4n) is 1.65. The van der Waals surface area contributed by atoms with Crippen molar-refractivity contribution >= 4 is 5.97 Å².